The Hall–Kier alpha value is -1.94. The third-order valence-electron chi connectivity index (χ3n) is 5.43. The van der Waals surface area contributed by atoms with Crippen LogP contribution in [0.1, 0.15) is 24.4 Å². The van der Waals surface area contributed by atoms with E-state index in [-0.39, 0.29) is 5.78 Å². The molecule has 2 aliphatic heterocycles. The Bertz CT molecular complexity index is 811. The van der Waals surface area contributed by atoms with Crippen LogP contribution in [0.3, 0.4) is 0 Å². The van der Waals surface area contributed by atoms with Crippen LogP contribution >= 0.6 is 0 Å². The van der Waals surface area contributed by atoms with Gasteiger partial charge in [0, 0.05) is 50.5 Å². The van der Waals surface area contributed by atoms with Crippen molar-refractivity contribution in [2.75, 3.05) is 51.2 Å². The number of likely N-dealkylation sites (N-methyl/N-ethyl adjacent to an activating group) is 1. The lowest BCUT2D eigenvalue weighted by molar-refractivity contribution is -0.144. The predicted octanol–water partition coefficient (Wildman–Crippen LogP) is 1.67. The highest BCUT2D eigenvalue weighted by Gasteiger charge is 2.37. The van der Waals surface area contributed by atoms with Crippen LogP contribution in [-0.2, 0) is 6.18 Å². The van der Waals surface area contributed by atoms with E-state index in [1.807, 2.05) is 0 Å². The first-order chi connectivity index (χ1) is 12.8. The number of hydrogen-bond acceptors (Lipinski definition) is 6. The normalized spacial score (nSPS) is 23.3. The van der Waals surface area contributed by atoms with Gasteiger partial charge in [-0.1, -0.05) is 0 Å². The average Bonchev–Trinajstić information content (AvgIpc) is 3.05. The summed E-state index contributed by atoms with van der Waals surface area (Å²) < 4.78 is 40.2. The maximum absolute atomic E-state index is 13.0. The quantitative estimate of drug-likeness (QED) is 0.787. The number of halogens is 3. The molecule has 27 heavy (non-hydrogen) atoms. The minimum Gasteiger partial charge on any atom is -0.354 e. The van der Waals surface area contributed by atoms with Crippen LogP contribution in [-0.4, -0.2) is 81.7 Å². The molecular formula is C17H24F3N7. The van der Waals surface area contributed by atoms with E-state index in [1.54, 1.807) is 13.0 Å². The van der Waals surface area contributed by atoms with Gasteiger partial charge in [0.25, 0.3) is 11.6 Å². The topological polar surface area (TPSA) is 52.8 Å². The molecule has 0 bridgehead atoms. The molecule has 0 saturated carbocycles. The smallest absolute Gasteiger partial charge is 0.354 e. The molecule has 0 amide bonds. The zero-order chi connectivity index (χ0) is 19.2. The van der Waals surface area contributed by atoms with Crippen molar-refractivity contribution in [2.24, 2.45) is 0 Å². The van der Waals surface area contributed by atoms with Gasteiger partial charge in [0.2, 0.25) is 0 Å². The number of piperazine rings is 1. The molecule has 0 N–H and O–H groups in total. The van der Waals surface area contributed by atoms with Crippen LogP contribution in [0.15, 0.2) is 6.07 Å². The Labute approximate surface area is 155 Å². The zero-order valence-electron chi connectivity index (χ0n) is 15.6. The lowest BCUT2D eigenvalue weighted by atomic mass is 10.0. The lowest BCUT2D eigenvalue weighted by Gasteiger charge is -2.43. The summed E-state index contributed by atoms with van der Waals surface area (Å²) in [5.74, 6) is -0.527. The van der Waals surface area contributed by atoms with Crippen molar-refractivity contribution in [1.82, 2.24) is 29.4 Å². The summed E-state index contributed by atoms with van der Waals surface area (Å²) >= 11 is 0. The Morgan fingerprint density at radius 2 is 1.81 bits per heavy atom. The Morgan fingerprint density at radius 3 is 2.48 bits per heavy atom. The lowest BCUT2D eigenvalue weighted by Crippen LogP contribution is -2.54. The predicted molar refractivity (Wildman–Crippen MR) is 94.8 cm³/mol. The fourth-order valence-electron chi connectivity index (χ4n) is 4.07. The maximum atomic E-state index is 13.0. The van der Waals surface area contributed by atoms with Gasteiger partial charge in [0.1, 0.15) is 5.82 Å². The second-order valence-electron chi connectivity index (χ2n) is 7.48. The highest BCUT2D eigenvalue weighted by atomic mass is 19.4. The van der Waals surface area contributed by atoms with Gasteiger partial charge in [0.05, 0.1) is 0 Å². The molecule has 2 saturated heterocycles. The summed E-state index contributed by atoms with van der Waals surface area (Å²) in [5, 5.41) is 3.68. The van der Waals surface area contributed by atoms with Gasteiger partial charge in [-0.25, -0.2) is 4.98 Å². The van der Waals surface area contributed by atoms with Crippen LogP contribution in [0.4, 0.5) is 19.0 Å². The molecule has 2 aliphatic rings. The summed E-state index contributed by atoms with van der Waals surface area (Å²) in [6, 6.07) is 2.35. The molecule has 2 aromatic rings. The van der Waals surface area contributed by atoms with E-state index in [0.717, 1.165) is 39.3 Å². The first-order valence-electron chi connectivity index (χ1n) is 9.30. The van der Waals surface area contributed by atoms with Gasteiger partial charge >= 0.3 is 6.18 Å². The van der Waals surface area contributed by atoms with Crippen molar-refractivity contribution in [3.63, 3.8) is 0 Å². The minimum absolute atomic E-state index is 0.00587. The molecule has 2 aromatic heterocycles. The number of alkyl halides is 3. The third-order valence-corrected chi connectivity index (χ3v) is 5.43. The fourth-order valence-corrected chi connectivity index (χ4v) is 4.07. The molecule has 1 atom stereocenters. The van der Waals surface area contributed by atoms with Crippen LogP contribution in [0.5, 0.6) is 0 Å². The van der Waals surface area contributed by atoms with Crippen molar-refractivity contribution in [3.05, 3.63) is 17.6 Å². The summed E-state index contributed by atoms with van der Waals surface area (Å²) in [7, 11) is 2.15. The summed E-state index contributed by atoms with van der Waals surface area (Å²) in [6.45, 7) is 7.28. The molecule has 1 unspecified atom stereocenters. The number of aryl methyl sites for hydroxylation is 1. The number of hydrogen-bond donors (Lipinski definition) is 0. The number of nitrogens with zero attached hydrogens (tertiary/aromatic N) is 7. The summed E-state index contributed by atoms with van der Waals surface area (Å²) in [5.41, 5.74) is 0.634. The van der Waals surface area contributed by atoms with Crippen LogP contribution in [0.25, 0.3) is 5.78 Å². The number of fused-ring (bicyclic) bond motifs is 1. The molecule has 4 rings (SSSR count). The van der Waals surface area contributed by atoms with Gasteiger partial charge in [-0.15, -0.1) is 5.10 Å². The van der Waals surface area contributed by atoms with Crippen molar-refractivity contribution in [3.8, 4) is 0 Å². The Balaban J connectivity index is 1.54. The molecule has 0 radical (unpaired) electrons. The van der Waals surface area contributed by atoms with Crippen molar-refractivity contribution < 1.29 is 13.2 Å². The van der Waals surface area contributed by atoms with Crippen molar-refractivity contribution in [2.45, 2.75) is 32.0 Å². The van der Waals surface area contributed by atoms with E-state index in [9.17, 15) is 13.2 Å². The highest BCUT2D eigenvalue weighted by Crippen LogP contribution is 2.28. The molecular weight excluding hydrogens is 359 g/mol. The first-order valence-corrected chi connectivity index (χ1v) is 9.30. The van der Waals surface area contributed by atoms with Crippen molar-refractivity contribution >= 4 is 11.6 Å². The second kappa shape index (κ2) is 6.90. The monoisotopic (exact) mass is 383 g/mol. The largest absolute Gasteiger partial charge is 0.453 e. The van der Waals surface area contributed by atoms with E-state index < -0.39 is 12.0 Å². The summed E-state index contributed by atoms with van der Waals surface area (Å²) in [6.07, 6.45) is -2.16. The number of likely N-dealkylation sites (tertiary alicyclic amines) is 1. The van der Waals surface area contributed by atoms with Gasteiger partial charge in [0.15, 0.2) is 0 Å². The minimum atomic E-state index is -4.58. The highest BCUT2D eigenvalue weighted by molar-refractivity contribution is 5.48. The number of rotatable bonds is 2. The van der Waals surface area contributed by atoms with E-state index in [4.69, 9.17) is 0 Å². The Kier molecular flexibility index (Phi) is 4.71. The van der Waals surface area contributed by atoms with Crippen LogP contribution in [0.2, 0.25) is 0 Å². The first kappa shape index (κ1) is 18.4. The number of piperidine rings is 1. The van der Waals surface area contributed by atoms with E-state index in [0.29, 0.717) is 17.6 Å². The van der Waals surface area contributed by atoms with Crippen LogP contribution in [0, 0.1) is 6.92 Å². The maximum Gasteiger partial charge on any atom is 0.453 e. The standard InChI is InChI=1S/C17H24F3N7/c1-12-10-14(27-16(21-12)22-15(23-27)17(18,19)20)26-8-6-25(7-9-26)13-4-3-5-24(2)11-13/h10,13H,3-9,11H2,1-2H3. The van der Waals surface area contributed by atoms with Gasteiger partial charge < -0.3 is 9.80 Å². The van der Waals surface area contributed by atoms with Gasteiger partial charge in [-0.05, 0) is 33.4 Å². The van der Waals surface area contributed by atoms with Gasteiger partial charge in [-0.2, -0.15) is 22.7 Å². The van der Waals surface area contributed by atoms with Gasteiger partial charge in [-0.3, -0.25) is 4.90 Å². The Morgan fingerprint density at radius 1 is 1.07 bits per heavy atom. The fraction of sp³-hybridized carbons (Fsp3) is 0.706. The molecule has 0 aliphatic carbocycles. The van der Waals surface area contributed by atoms with Crippen LogP contribution < -0.4 is 4.90 Å². The molecule has 2 fully saturated rings. The van der Waals surface area contributed by atoms with E-state index in [2.05, 4.69) is 36.8 Å². The van der Waals surface area contributed by atoms with E-state index >= 15 is 0 Å². The molecule has 7 nitrogen and oxygen atoms in total. The molecule has 0 spiro atoms. The summed E-state index contributed by atoms with van der Waals surface area (Å²) in [4.78, 5) is 14.6. The van der Waals surface area contributed by atoms with E-state index in [1.165, 1.54) is 17.4 Å². The zero-order valence-corrected chi connectivity index (χ0v) is 15.6. The molecule has 10 heteroatoms. The average molecular weight is 383 g/mol. The number of anilines is 1. The molecule has 0 aromatic carbocycles. The molecule has 4 heterocycles. The van der Waals surface area contributed by atoms with Crippen molar-refractivity contribution in [1.29, 1.82) is 0 Å². The third kappa shape index (κ3) is 3.73. The molecule has 148 valence electrons. The SMILES string of the molecule is Cc1cc(N2CCN(C3CCCN(C)C3)CC2)n2nc(C(F)(F)F)nc2n1. The number of aromatic nitrogens is 4. The second-order valence-corrected chi connectivity index (χ2v) is 7.48.